The Balaban J connectivity index is 2.07. The van der Waals surface area contributed by atoms with Gasteiger partial charge in [0.15, 0.2) is 0 Å². The normalized spacial score (nSPS) is 18.0. The van der Waals surface area contributed by atoms with Gasteiger partial charge in [-0.1, -0.05) is 30.5 Å². The number of hydrogen-bond acceptors (Lipinski definition) is 2. The molecule has 0 aliphatic heterocycles. The zero-order valence-corrected chi connectivity index (χ0v) is 10.8. The van der Waals surface area contributed by atoms with Gasteiger partial charge in [-0.05, 0) is 31.9 Å². The van der Waals surface area contributed by atoms with E-state index in [0.29, 0.717) is 0 Å². The molecular formula is C15H21NO. The topological polar surface area (TPSA) is 20.3 Å². The van der Waals surface area contributed by atoms with E-state index in [4.69, 9.17) is 0 Å². The van der Waals surface area contributed by atoms with Crippen molar-refractivity contribution in [2.75, 3.05) is 18.5 Å². The molecule has 1 aromatic carbocycles. The van der Waals surface area contributed by atoms with Crippen molar-refractivity contribution in [1.82, 2.24) is 0 Å². The average Bonchev–Trinajstić information content (AvgIpc) is 2.79. The fraction of sp³-hybridized carbons (Fsp3) is 0.533. The monoisotopic (exact) mass is 231 g/mol. The van der Waals surface area contributed by atoms with Crippen LogP contribution in [0.3, 0.4) is 0 Å². The summed E-state index contributed by atoms with van der Waals surface area (Å²) in [7, 11) is 2.08. The summed E-state index contributed by atoms with van der Waals surface area (Å²) in [4.78, 5) is 13.5. The van der Waals surface area contributed by atoms with Gasteiger partial charge in [0, 0.05) is 24.7 Å². The molecule has 92 valence electrons. The number of carbonyl (C=O) groups excluding carboxylic acids is 1. The van der Waals surface area contributed by atoms with E-state index >= 15 is 0 Å². The number of benzene rings is 1. The summed E-state index contributed by atoms with van der Waals surface area (Å²) in [6.45, 7) is 2.94. The minimum atomic E-state index is -0.0976. The highest BCUT2D eigenvalue weighted by atomic mass is 16.1. The van der Waals surface area contributed by atoms with Gasteiger partial charge in [-0.2, -0.15) is 0 Å². The van der Waals surface area contributed by atoms with Crippen LogP contribution in [0.1, 0.15) is 31.2 Å². The van der Waals surface area contributed by atoms with Crippen molar-refractivity contribution >= 4 is 12.0 Å². The molecule has 2 heteroatoms. The van der Waals surface area contributed by atoms with Crippen molar-refractivity contribution in [1.29, 1.82) is 0 Å². The maximum absolute atomic E-state index is 11.3. The summed E-state index contributed by atoms with van der Waals surface area (Å²) in [5.74, 6) is 0. The Morgan fingerprint density at radius 1 is 1.24 bits per heavy atom. The third kappa shape index (κ3) is 2.68. The van der Waals surface area contributed by atoms with E-state index in [9.17, 15) is 4.79 Å². The molecule has 0 unspecified atom stereocenters. The second-order valence-electron chi connectivity index (χ2n) is 5.38. The van der Waals surface area contributed by atoms with Crippen LogP contribution in [0.5, 0.6) is 0 Å². The largest absolute Gasteiger partial charge is 0.374 e. The van der Waals surface area contributed by atoms with Gasteiger partial charge in [0.2, 0.25) is 0 Å². The summed E-state index contributed by atoms with van der Waals surface area (Å²) in [6.07, 6.45) is 5.67. The number of carbonyl (C=O) groups is 1. The van der Waals surface area contributed by atoms with Crippen LogP contribution in [0, 0.1) is 12.3 Å². The molecule has 0 amide bonds. The smallest absolute Gasteiger partial charge is 0.127 e. The van der Waals surface area contributed by atoms with Crippen LogP contribution >= 0.6 is 0 Å². The van der Waals surface area contributed by atoms with E-state index < -0.39 is 0 Å². The van der Waals surface area contributed by atoms with Crippen LogP contribution in [-0.4, -0.2) is 19.9 Å². The Bertz CT molecular complexity index is 376. The Hall–Kier alpha value is -1.31. The lowest BCUT2D eigenvalue weighted by Gasteiger charge is -2.30. The molecule has 0 atom stereocenters. The second kappa shape index (κ2) is 4.91. The number of aldehydes is 1. The zero-order chi connectivity index (χ0) is 12.3. The Kier molecular flexibility index (Phi) is 3.51. The summed E-state index contributed by atoms with van der Waals surface area (Å²) in [6, 6.07) is 8.49. The van der Waals surface area contributed by atoms with E-state index in [1.54, 1.807) is 0 Å². The summed E-state index contributed by atoms with van der Waals surface area (Å²) in [5, 5.41) is 0. The lowest BCUT2D eigenvalue weighted by molar-refractivity contribution is -0.115. The molecule has 1 aromatic rings. The fourth-order valence-electron chi connectivity index (χ4n) is 2.76. The van der Waals surface area contributed by atoms with Crippen molar-refractivity contribution in [3.05, 3.63) is 29.8 Å². The van der Waals surface area contributed by atoms with Crippen molar-refractivity contribution in [2.45, 2.75) is 32.6 Å². The van der Waals surface area contributed by atoms with Crippen molar-refractivity contribution < 1.29 is 4.79 Å². The van der Waals surface area contributed by atoms with Crippen LogP contribution < -0.4 is 4.90 Å². The third-order valence-corrected chi connectivity index (χ3v) is 3.88. The maximum Gasteiger partial charge on any atom is 0.127 e. The first-order chi connectivity index (χ1) is 8.15. The number of aryl methyl sites for hydroxylation is 1. The number of anilines is 1. The van der Waals surface area contributed by atoms with E-state index in [2.05, 4.69) is 43.1 Å². The Morgan fingerprint density at radius 2 is 1.82 bits per heavy atom. The quantitative estimate of drug-likeness (QED) is 0.742. The third-order valence-electron chi connectivity index (χ3n) is 3.88. The molecule has 1 saturated carbocycles. The second-order valence-corrected chi connectivity index (χ2v) is 5.38. The van der Waals surface area contributed by atoms with Crippen molar-refractivity contribution in [3.8, 4) is 0 Å². The highest BCUT2D eigenvalue weighted by Gasteiger charge is 2.34. The molecule has 0 aromatic heterocycles. The van der Waals surface area contributed by atoms with Gasteiger partial charge in [-0.3, -0.25) is 0 Å². The minimum absolute atomic E-state index is 0.0976. The number of hydrogen-bond donors (Lipinski definition) is 0. The Labute approximate surface area is 104 Å². The fourth-order valence-corrected chi connectivity index (χ4v) is 2.76. The highest BCUT2D eigenvalue weighted by Crippen LogP contribution is 2.37. The van der Waals surface area contributed by atoms with E-state index in [1.165, 1.54) is 30.4 Å². The van der Waals surface area contributed by atoms with Crippen LogP contribution in [0.2, 0.25) is 0 Å². The molecule has 0 saturated heterocycles. The SMILES string of the molecule is Cc1ccc(N(C)CC2(C=O)CCCC2)cc1. The standard InChI is InChI=1S/C15H21NO/c1-13-5-7-14(8-6-13)16(2)11-15(12-17)9-3-4-10-15/h5-8,12H,3-4,9-11H2,1-2H3. The average molecular weight is 231 g/mol. The summed E-state index contributed by atoms with van der Waals surface area (Å²) in [5.41, 5.74) is 2.37. The molecular weight excluding hydrogens is 210 g/mol. The van der Waals surface area contributed by atoms with Gasteiger partial charge in [0.05, 0.1) is 0 Å². The summed E-state index contributed by atoms with van der Waals surface area (Å²) >= 11 is 0. The van der Waals surface area contributed by atoms with E-state index in [1.807, 2.05) is 0 Å². The number of nitrogens with zero attached hydrogens (tertiary/aromatic N) is 1. The van der Waals surface area contributed by atoms with E-state index in [-0.39, 0.29) is 5.41 Å². The van der Waals surface area contributed by atoms with Crippen molar-refractivity contribution in [3.63, 3.8) is 0 Å². The van der Waals surface area contributed by atoms with Crippen molar-refractivity contribution in [2.24, 2.45) is 5.41 Å². The van der Waals surface area contributed by atoms with Crippen LogP contribution in [0.25, 0.3) is 0 Å². The molecule has 2 nitrogen and oxygen atoms in total. The first-order valence-electron chi connectivity index (χ1n) is 6.39. The van der Waals surface area contributed by atoms with Gasteiger partial charge in [-0.15, -0.1) is 0 Å². The van der Waals surface area contributed by atoms with Gasteiger partial charge < -0.3 is 9.69 Å². The van der Waals surface area contributed by atoms with Crippen LogP contribution in [0.4, 0.5) is 5.69 Å². The van der Waals surface area contributed by atoms with Crippen LogP contribution in [0.15, 0.2) is 24.3 Å². The molecule has 0 radical (unpaired) electrons. The number of rotatable bonds is 4. The molecule has 0 spiro atoms. The maximum atomic E-state index is 11.3. The summed E-state index contributed by atoms with van der Waals surface area (Å²) < 4.78 is 0. The molecule has 17 heavy (non-hydrogen) atoms. The van der Waals surface area contributed by atoms with Gasteiger partial charge in [0.1, 0.15) is 6.29 Å². The first-order valence-corrected chi connectivity index (χ1v) is 6.39. The zero-order valence-electron chi connectivity index (χ0n) is 10.8. The Morgan fingerprint density at radius 3 is 2.35 bits per heavy atom. The lowest BCUT2D eigenvalue weighted by Crippen LogP contribution is -2.34. The molecule has 2 rings (SSSR count). The minimum Gasteiger partial charge on any atom is -0.374 e. The van der Waals surface area contributed by atoms with Gasteiger partial charge in [0.25, 0.3) is 0 Å². The predicted octanol–water partition coefficient (Wildman–Crippen LogP) is 3.19. The molecule has 0 N–H and O–H groups in total. The molecule has 0 bridgehead atoms. The highest BCUT2D eigenvalue weighted by molar-refractivity contribution is 5.62. The van der Waals surface area contributed by atoms with Gasteiger partial charge in [-0.25, -0.2) is 0 Å². The van der Waals surface area contributed by atoms with Gasteiger partial charge >= 0.3 is 0 Å². The molecule has 1 aliphatic carbocycles. The first kappa shape index (κ1) is 12.2. The molecule has 1 aliphatic rings. The molecule has 1 fully saturated rings. The lowest BCUT2D eigenvalue weighted by atomic mass is 9.87. The molecule has 0 heterocycles. The van der Waals surface area contributed by atoms with Crippen LogP contribution in [-0.2, 0) is 4.79 Å². The predicted molar refractivity (Wildman–Crippen MR) is 71.4 cm³/mol. The van der Waals surface area contributed by atoms with E-state index in [0.717, 1.165) is 19.4 Å².